The first-order chi connectivity index (χ1) is 20.8. The van der Waals surface area contributed by atoms with E-state index in [1.54, 1.807) is 7.11 Å². The number of methoxy groups -OCH3 is 1. The van der Waals surface area contributed by atoms with E-state index in [0.717, 1.165) is 77.4 Å². The first-order valence-electron chi connectivity index (χ1n) is 17.3. The van der Waals surface area contributed by atoms with E-state index in [0.29, 0.717) is 59.7 Å². The van der Waals surface area contributed by atoms with Gasteiger partial charge in [0.05, 0.1) is 11.7 Å². The highest BCUT2D eigenvalue weighted by Gasteiger charge is 2.67. The third kappa shape index (κ3) is 5.86. The van der Waals surface area contributed by atoms with Crippen LogP contribution in [0.25, 0.3) is 0 Å². The zero-order chi connectivity index (χ0) is 30.2. The molecule has 0 amide bonds. The fourth-order valence-electron chi connectivity index (χ4n) is 10.7. The van der Waals surface area contributed by atoms with E-state index in [4.69, 9.17) is 18.9 Å². The average molecular weight is 595 g/mol. The van der Waals surface area contributed by atoms with E-state index in [2.05, 4.69) is 20.8 Å². The van der Waals surface area contributed by atoms with Crippen molar-refractivity contribution in [1.29, 1.82) is 0 Å². The van der Waals surface area contributed by atoms with Crippen molar-refractivity contribution in [1.82, 2.24) is 0 Å². The molecule has 5 fully saturated rings. The Labute approximate surface area is 258 Å². The third-order valence-electron chi connectivity index (χ3n) is 13.0. The molecule has 0 aromatic heterocycles. The van der Waals surface area contributed by atoms with Crippen molar-refractivity contribution >= 4 is 11.8 Å². The van der Waals surface area contributed by atoms with Gasteiger partial charge in [-0.15, -0.1) is 0 Å². The van der Waals surface area contributed by atoms with Gasteiger partial charge in [0.15, 0.2) is 6.29 Å². The van der Waals surface area contributed by atoms with Crippen molar-refractivity contribution in [3.63, 3.8) is 0 Å². The summed E-state index contributed by atoms with van der Waals surface area (Å²) in [7, 11) is 1.78. The van der Waals surface area contributed by atoms with E-state index in [9.17, 15) is 9.59 Å². The van der Waals surface area contributed by atoms with Crippen molar-refractivity contribution in [2.75, 3.05) is 20.3 Å². The van der Waals surface area contributed by atoms with Crippen LogP contribution in [-0.2, 0) is 23.7 Å². The molecule has 1 aromatic carbocycles. The van der Waals surface area contributed by atoms with Crippen molar-refractivity contribution < 1.29 is 28.5 Å². The topological polar surface area (TPSA) is 71.1 Å². The second kappa shape index (κ2) is 12.9. The van der Waals surface area contributed by atoms with Crippen LogP contribution in [0.3, 0.4) is 0 Å². The van der Waals surface area contributed by atoms with Crippen molar-refractivity contribution in [3.8, 4) is 0 Å². The van der Waals surface area contributed by atoms with Gasteiger partial charge in [0.2, 0.25) is 0 Å². The summed E-state index contributed by atoms with van der Waals surface area (Å²) < 4.78 is 25.2. The molecule has 0 bridgehead atoms. The number of ketones is 1. The number of hydrogen-bond donors (Lipinski definition) is 0. The van der Waals surface area contributed by atoms with Crippen LogP contribution in [0.4, 0.5) is 0 Å². The smallest absolute Gasteiger partial charge is 0.338 e. The Kier molecular flexibility index (Phi) is 9.39. The molecule has 0 spiro atoms. The van der Waals surface area contributed by atoms with E-state index >= 15 is 0 Å². The average Bonchev–Trinajstić information content (AvgIpc) is 3.37. The molecule has 0 N–H and O–H groups in total. The summed E-state index contributed by atoms with van der Waals surface area (Å²) in [6, 6.07) is 9.50. The van der Waals surface area contributed by atoms with Crippen LogP contribution in [0.1, 0.15) is 108 Å². The molecule has 8 unspecified atom stereocenters. The van der Waals surface area contributed by atoms with Crippen LogP contribution >= 0.6 is 0 Å². The van der Waals surface area contributed by atoms with Crippen LogP contribution in [0.2, 0.25) is 0 Å². The fraction of sp³-hybridized carbons (Fsp3) is 0.784. The number of esters is 1. The van der Waals surface area contributed by atoms with Crippen LogP contribution in [-0.4, -0.2) is 50.6 Å². The van der Waals surface area contributed by atoms with Gasteiger partial charge in [0.1, 0.15) is 11.9 Å². The predicted octanol–water partition coefficient (Wildman–Crippen LogP) is 7.63. The van der Waals surface area contributed by atoms with Gasteiger partial charge in [-0.05, 0) is 117 Å². The quantitative estimate of drug-likeness (QED) is 0.166. The minimum atomic E-state index is -0.207. The standard InChI is InChI=1S/C37H54O6/c1-24(11-10-19-40-4)28-15-16-29-34-30(23-32(37(28,29)3)43-35(39)25-12-6-5-7-13-25)36(2)18-17-27(38)21-26(36)22-31(34)42-33-14-8-9-20-41-33/h5-7,12-13,24,26,28-34H,8-11,14-23H2,1-4H3/t24-,26+,28?,29?,30?,31?,32+,33?,34?,36?,37?/m1/s1. The Morgan fingerprint density at radius 3 is 2.63 bits per heavy atom. The summed E-state index contributed by atoms with van der Waals surface area (Å²) in [6.45, 7) is 8.86. The normalized spacial score (nSPS) is 41.5. The molecule has 5 aliphatic rings. The van der Waals surface area contributed by atoms with Gasteiger partial charge in [-0.2, -0.15) is 0 Å². The number of rotatable bonds is 9. The maximum absolute atomic E-state index is 13.7. The highest BCUT2D eigenvalue weighted by Crippen LogP contribution is 2.69. The van der Waals surface area contributed by atoms with Gasteiger partial charge in [-0.25, -0.2) is 4.79 Å². The minimum Gasteiger partial charge on any atom is -0.458 e. The van der Waals surface area contributed by atoms with E-state index < -0.39 is 0 Å². The minimum absolute atomic E-state index is 0.0484. The van der Waals surface area contributed by atoms with Crippen LogP contribution in [0, 0.1) is 46.3 Å². The number of benzene rings is 1. The molecule has 4 saturated carbocycles. The summed E-state index contributed by atoms with van der Waals surface area (Å²) in [5, 5.41) is 0. The lowest BCUT2D eigenvalue weighted by Gasteiger charge is -2.64. The van der Waals surface area contributed by atoms with Crippen molar-refractivity contribution in [2.45, 2.75) is 116 Å². The third-order valence-corrected chi connectivity index (χ3v) is 13.0. The van der Waals surface area contributed by atoms with Gasteiger partial charge in [0, 0.05) is 38.6 Å². The molecule has 4 aliphatic carbocycles. The number of carbonyl (C=O) groups excluding carboxylic acids is 2. The number of ether oxygens (including phenoxy) is 4. The first kappa shape index (κ1) is 31.2. The first-order valence-corrected chi connectivity index (χ1v) is 17.3. The van der Waals surface area contributed by atoms with E-state index in [-0.39, 0.29) is 35.3 Å². The molecule has 1 heterocycles. The summed E-state index contributed by atoms with van der Waals surface area (Å²) in [4.78, 5) is 26.5. The Morgan fingerprint density at radius 1 is 1.07 bits per heavy atom. The lowest BCUT2D eigenvalue weighted by Crippen LogP contribution is -2.63. The second-order valence-electron chi connectivity index (χ2n) is 15.1. The summed E-state index contributed by atoms with van der Waals surface area (Å²) in [5.41, 5.74) is 0.534. The van der Waals surface area contributed by atoms with Crippen molar-refractivity contribution in [2.24, 2.45) is 46.3 Å². The van der Waals surface area contributed by atoms with Crippen LogP contribution < -0.4 is 0 Å². The Morgan fingerprint density at radius 2 is 1.88 bits per heavy atom. The zero-order valence-electron chi connectivity index (χ0n) is 26.9. The SMILES string of the molecule is COCCC[C@@H](C)C1CCC2C3C(OC4CCCCO4)C[C@@H]4CC(=O)CCC4(C)C3C[C@H](OC(=O)c3ccccc3)C21C. The molecular weight excluding hydrogens is 540 g/mol. The molecule has 1 saturated heterocycles. The Balaban J connectivity index is 1.37. The summed E-state index contributed by atoms with van der Waals surface area (Å²) in [6.07, 6.45) is 11.5. The molecule has 6 rings (SSSR count). The predicted molar refractivity (Wildman–Crippen MR) is 165 cm³/mol. The lowest BCUT2D eigenvalue weighted by atomic mass is 9.43. The number of hydrogen-bond acceptors (Lipinski definition) is 6. The van der Waals surface area contributed by atoms with Crippen LogP contribution in [0.15, 0.2) is 30.3 Å². The Bertz CT molecular complexity index is 1120. The van der Waals surface area contributed by atoms with Gasteiger partial charge < -0.3 is 18.9 Å². The summed E-state index contributed by atoms with van der Waals surface area (Å²) >= 11 is 0. The van der Waals surface area contributed by atoms with E-state index in [1.807, 2.05) is 30.3 Å². The number of fused-ring (bicyclic) bond motifs is 5. The molecule has 11 atom stereocenters. The number of Topliss-reactive ketones (excluding diaryl/α,β-unsaturated/α-hetero) is 1. The van der Waals surface area contributed by atoms with Crippen molar-refractivity contribution in [3.05, 3.63) is 35.9 Å². The maximum atomic E-state index is 13.7. The van der Waals surface area contributed by atoms with Gasteiger partial charge >= 0.3 is 5.97 Å². The molecule has 1 aliphatic heterocycles. The maximum Gasteiger partial charge on any atom is 0.338 e. The highest BCUT2D eigenvalue weighted by atomic mass is 16.7. The molecule has 43 heavy (non-hydrogen) atoms. The molecule has 6 heteroatoms. The zero-order valence-corrected chi connectivity index (χ0v) is 26.9. The van der Waals surface area contributed by atoms with Gasteiger partial charge in [0.25, 0.3) is 0 Å². The lowest BCUT2D eigenvalue weighted by molar-refractivity contribution is -0.258. The van der Waals surface area contributed by atoms with E-state index in [1.165, 1.54) is 0 Å². The molecule has 238 valence electrons. The second-order valence-corrected chi connectivity index (χ2v) is 15.1. The monoisotopic (exact) mass is 594 g/mol. The largest absolute Gasteiger partial charge is 0.458 e. The molecule has 0 radical (unpaired) electrons. The molecule has 1 aromatic rings. The summed E-state index contributed by atoms with van der Waals surface area (Å²) in [5.74, 6) is 2.61. The number of carbonyl (C=O) groups is 2. The molecular formula is C37H54O6. The fourth-order valence-corrected chi connectivity index (χ4v) is 10.7. The van der Waals surface area contributed by atoms with Crippen LogP contribution in [0.5, 0.6) is 0 Å². The Hall–Kier alpha value is -1.76. The van der Waals surface area contributed by atoms with Gasteiger partial charge in [-0.3, -0.25) is 4.79 Å². The highest BCUT2D eigenvalue weighted by molar-refractivity contribution is 5.89. The molecule has 6 nitrogen and oxygen atoms in total. The van der Waals surface area contributed by atoms with Gasteiger partial charge in [-0.1, -0.05) is 39.0 Å².